The molecule has 1 heterocycles. The van der Waals surface area contributed by atoms with Crippen molar-refractivity contribution in [2.45, 2.75) is 51.2 Å². The van der Waals surface area contributed by atoms with Crippen LogP contribution in [0.15, 0.2) is 39.9 Å². The van der Waals surface area contributed by atoms with E-state index in [9.17, 15) is 12.8 Å². The molecule has 3 rings (SSSR count). The second kappa shape index (κ2) is 7.67. The van der Waals surface area contributed by atoms with Crippen molar-refractivity contribution in [1.29, 1.82) is 0 Å². The van der Waals surface area contributed by atoms with E-state index in [2.05, 4.69) is 4.99 Å². The van der Waals surface area contributed by atoms with Gasteiger partial charge in [-0.25, -0.2) is 12.8 Å². The molecular formula is C21H27ClFNO2S. The van der Waals surface area contributed by atoms with Crippen LogP contribution in [0.5, 0.6) is 0 Å². The Kier molecular flexibility index (Phi) is 5.83. The highest BCUT2D eigenvalue weighted by molar-refractivity contribution is 7.92. The first-order valence-electron chi connectivity index (χ1n) is 9.50. The van der Waals surface area contributed by atoms with E-state index in [1.165, 1.54) is 12.1 Å². The van der Waals surface area contributed by atoms with Gasteiger partial charge in [-0.1, -0.05) is 11.6 Å². The number of rotatable bonds is 4. The zero-order valence-electron chi connectivity index (χ0n) is 16.1. The van der Waals surface area contributed by atoms with Gasteiger partial charge >= 0.3 is 0 Å². The highest BCUT2D eigenvalue weighted by Gasteiger charge is 2.35. The van der Waals surface area contributed by atoms with Gasteiger partial charge in [-0.3, -0.25) is 4.99 Å². The van der Waals surface area contributed by atoms with Crippen LogP contribution in [0.3, 0.4) is 0 Å². The van der Waals surface area contributed by atoms with E-state index in [4.69, 9.17) is 11.6 Å². The fourth-order valence-corrected chi connectivity index (χ4v) is 5.66. The number of nitrogens with zero attached hydrogens (tertiary/aromatic N) is 1. The minimum atomic E-state index is -3.08. The van der Waals surface area contributed by atoms with Crippen LogP contribution in [-0.4, -0.2) is 31.2 Å². The van der Waals surface area contributed by atoms with E-state index in [0.29, 0.717) is 17.5 Å². The first-order valence-corrected chi connectivity index (χ1v) is 11.5. The van der Waals surface area contributed by atoms with Crippen molar-refractivity contribution in [2.24, 2.45) is 16.8 Å². The van der Waals surface area contributed by atoms with Crippen molar-refractivity contribution in [3.8, 4) is 0 Å². The van der Waals surface area contributed by atoms with Gasteiger partial charge < -0.3 is 0 Å². The Bertz CT molecular complexity index is 858. The normalized spacial score (nSPS) is 24.3. The summed E-state index contributed by atoms with van der Waals surface area (Å²) in [6, 6.07) is 6.24. The van der Waals surface area contributed by atoms with Gasteiger partial charge in [-0.2, -0.15) is 0 Å². The number of sulfone groups is 1. The van der Waals surface area contributed by atoms with E-state index >= 15 is 0 Å². The summed E-state index contributed by atoms with van der Waals surface area (Å²) in [4.78, 5) is 4.58. The van der Waals surface area contributed by atoms with Crippen molar-refractivity contribution >= 4 is 27.1 Å². The molecule has 0 unspecified atom stereocenters. The Morgan fingerprint density at radius 1 is 1.11 bits per heavy atom. The molecule has 27 heavy (non-hydrogen) atoms. The van der Waals surface area contributed by atoms with E-state index in [1.54, 1.807) is 32.9 Å². The molecule has 0 radical (unpaired) electrons. The van der Waals surface area contributed by atoms with Crippen molar-refractivity contribution < 1.29 is 12.8 Å². The second-order valence-corrected chi connectivity index (χ2v) is 11.8. The van der Waals surface area contributed by atoms with Crippen molar-refractivity contribution in [3.05, 3.63) is 46.3 Å². The molecule has 1 saturated carbocycles. The Hall–Kier alpha value is -1.20. The quantitative estimate of drug-likeness (QED) is 0.688. The van der Waals surface area contributed by atoms with Gasteiger partial charge in [-0.15, -0.1) is 0 Å². The Morgan fingerprint density at radius 2 is 1.70 bits per heavy atom. The third-order valence-corrected chi connectivity index (χ3v) is 8.94. The maximum Gasteiger partial charge on any atom is 0.155 e. The molecule has 3 nitrogen and oxygen atoms in total. The summed E-state index contributed by atoms with van der Waals surface area (Å²) >= 11 is 6.61. The van der Waals surface area contributed by atoms with Gasteiger partial charge in [0.15, 0.2) is 9.84 Å². The molecule has 6 heteroatoms. The minimum absolute atomic E-state index is 0.226. The zero-order valence-corrected chi connectivity index (χ0v) is 17.7. The van der Waals surface area contributed by atoms with Crippen LogP contribution in [0.2, 0.25) is 0 Å². The SMILES string of the molecule is CC(C)(C)S(=O)(=O)CC1CCC(C2=C(Cl)C(c3ccc(F)cc3)=NC2)CC1. The summed E-state index contributed by atoms with van der Waals surface area (Å²) < 4.78 is 37.4. The molecule has 1 aromatic carbocycles. The summed E-state index contributed by atoms with van der Waals surface area (Å²) in [5.74, 6) is 0.575. The number of hydrogen-bond acceptors (Lipinski definition) is 3. The van der Waals surface area contributed by atoms with E-state index in [1.807, 2.05) is 0 Å². The van der Waals surface area contributed by atoms with Crippen molar-refractivity contribution in [2.75, 3.05) is 12.3 Å². The molecule has 1 aliphatic heterocycles. The van der Waals surface area contributed by atoms with Gasteiger partial charge in [0, 0.05) is 5.56 Å². The lowest BCUT2D eigenvalue weighted by atomic mass is 9.79. The third-order valence-electron chi connectivity index (χ3n) is 5.74. The number of aliphatic imine (C=N–C) groups is 1. The Balaban J connectivity index is 1.64. The van der Waals surface area contributed by atoms with Crippen LogP contribution in [0.25, 0.3) is 0 Å². The highest BCUT2D eigenvalue weighted by atomic mass is 35.5. The van der Waals surface area contributed by atoms with E-state index in [0.717, 1.165) is 42.5 Å². The molecule has 0 amide bonds. The fourth-order valence-electron chi connectivity index (χ4n) is 3.83. The molecule has 0 bridgehead atoms. The molecule has 1 aromatic rings. The van der Waals surface area contributed by atoms with Crippen LogP contribution in [0.1, 0.15) is 52.0 Å². The molecule has 0 saturated heterocycles. The Morgan fingerprint density at radius 3 is 2.26 bits per heavy atom. The zero-order chi connectivity index (χ0) is 19.8. The summed E-state index contributed by atoms with van der Waals surface area (Å²) in [5, 5.41) is 0.687. The molecule has 0 spiro atoms. The molecule has 0 atom stereocenters. The lowest BCUT2D eigenvalue weighted by Gasteiger charge is -2.31. The monoisotopic (exact) mass is 411 g/mol. The van der Waals surface area contributed by atoms with Crippen LogP contribution in [-0.2, 0) is 9.84 Å². The average molecular weight is 412 g/mol. The summed E-state index contributed by atoms with van der Waals surface area (Å²) in [6.45, 7) is 5.89. The maximum absolute atomic E-state index is 13.1. The van der Waals surface area contributed by atoms with Gasteiger partial charge in [0.1, 0.15) is 5.82 Å². The first kappa shape index (κ1) is 20.5. The molecular weight excluding hydrogens is 385 g/mol. The van der Waals surface area contributed by atoms with Crippen LogP contribution < -0.4 is 0 Å². The predicted molar refractivity (Wildman–Crippen MR) is 110 cm³/mol. The van der Waals surface area contributed by atoms with Crippen molar-refractivity contribution in [1.82, 2.24) is 0 Å². The van der Waals surface area contributed by atoms with Crippen LogP contribution in [0.4, 0.5) is 4.39 Å². The van der Waals surface area contributed by atoms with E-state index in [-0.39, 0.29) is 17.5 Å². The lowest BCUT2D eigenvalue weighted by Crippen LogP contribution is -2.34. The number of halogens is 2. The molecule has 0 aromatic heterocycles. The average Bonchev–Trinajstić information content (AvgIpc) is 2.96. The summed E-state index contributed by atoms with van der Waals surface area (Å²) in [7, 11) is -3.08. The molecule has 148 valence electrons. The molecule has 1 fully saturated rings. The number of benzene rings is 1. The third kappa shape index (κ3) is 4.45. The van der Waals surface area contributed by atoms with Gasteiger partial charge in [-0.05, 0) is 88.1 Å². The van der Waals surface area contributed by atoms with Crippen LogP contribution in [0, 0.1) is 17.7 Å². The van der Waals surface area contributed by atoms with Crippen LogP contribution >= 0.6 is 11.6 Å². The molecule has 2 aliphatic rings. The molecule has 1 aliphatic carbocycles. The topological polar surface area (TPSA) is 46.5 Å². The highest BCUT2D eigenvalue weighted by Crippen LogP contribution is 2.39. The standard InChI is InChI=1S/C21H27ClFNO2S/c1-21(2,3)27(25,26)13-14-4-6-15(7-5-14)18-12-24-20(19(18)22)16-8-10-17(23)11-9-16/h8-11,14-15H,4-7,12-13H2,1-3H3. The first-order chi connectivity index (χ1) is 12.6. The Labute approximate surface area is 166 Å². The second-order valence-electron chi connectivity index (χ2n) is 8.62. The largest absolute Gasteiger partial charge is 0.279 e. The van der Waals surface area contributed by atoms with Gasteiger partial charge in [0.05, 0.1) is 27.8 Å². The fraction of sp³-hybridized carbons (Fsp3) is 0.571. The summed E-state index contributed by atoms with van der Waals surface area (Å²) in [6.07, 6.45) is 3.70. The predicted octanol–water partition coefficient (Wildman–Crippen LogP) is 5.14. The van der Waals surface area contributed by atoms with Gasteiger partial charge in [0.25, 0.3) is 0 Å². The van der Waals surface area contributed by atoms with E-state index < -0.39 is 14.6 Å². The van der Waals surface area contributed by atoms with Gasteiger partial charge in [0.2, 0.25) is 0 Å². The minimum Gasteiger partial charge on any atom is -0.279 e. The maximum atomic E-state index is 13.1. The summed E-state index contributed by atoms with van der Waals surface area (Å²) in [5.41, 5.74) is 2.72. The molecule has 0 N–H and O–H groups in total. The lowest BCUT2D eigenvalue weighted by molar-refractivity contribution is 0.319. The smallest absolute Gasteiger partial charge is 0.155 e. The number of hydrogen-bond donors (Lipinski definition) is 0. The van der Waals surface area contributed by atoms with Crippen molar-refractivity contribution in [3.63, 3.8) is 0 Å². The number of allylic oxidation sites excluding steroid dienone is 1.